The minimum atomic E-state index is -0.0873. The lowest BCUT2D eigenvalue weighted by Crippen LogP contribution is -2.50. The number of rotatable bonds is 3. The Hall–Kier alpha value is -2.40. The molecule has 1 N–H and O–H groups in total. The SMILES string of the molecule is COc1cccc(NC(=O)N2CCN(c3cccc(Cl)c3C)CC2)c1. The Labute approximate surface area is 153 Å². The van der Waals surface area contributed by atoms with E-state index in [1.54, 1.807) is 7.11 Å². The highest BCUT2D eigenvalue weighted by Gasteiger charge is 2.22. The summed E-state index contributed by atoms with van der Waals surface area (Å²) in [5.41, 5.74) is 2.95. The van der Waals surface area contributed by atoms with Crippen LogP contribution in [0, 0.1) is 6.92 Å². The van der Waals surface area contributed by atoms with Gasteiger partial charge in [0.25, 0.3) is 0 Å². The molecule has 1 aliphatic heterocycles. The van der Waals surface area contributed by atoms with Crippen molar-refractivity contribution in [1.29, 1.82) is 0 Å². The van der Waals surface area contributed by atoms with E-state index in [-0.39, 0.29) is 6.03 Å². The second-order valence-corrected chi connectivity index (χ2v) is 6.43. The molecule has 0 atom stereocenters. The lowest BCUT2D eigenvalue weighted by atomic mass is 10.1. The van der Waals surface area contributed by atoms with E-state index in [1.165, 1.54) is 0 Å². The Balaban J connectivity index is 1.60. The highest BCUT2D eigenvalue weighted by atomic mass is 35.5. The summed E-state index contributed by atoms with van der Waals surface area (Å²) < 4.78 is 5.18. The first-order chi connectivity index (χ1) is 12.1. The summed E-state index contributed by atoms with van der Waals surface area (Å²) in [4.78, 5) is 16.6. The topological polar surface area (TPSA) is 44.8 Å². The summed E-state index contributed by atoms with van der Waals surface area (Å²) in [6.45, 7) is 4.93. The maximum absolute atomic E-state index is 12.5. The maximum Gasteiger partial charge on any atom is 0.321 e. The van der Waals surface area contributed by atoms with Gasteiger partial charge in [-0.2, -0.15) is 0 Å². The van der Waals surface area contributed by atoms with Gasteiger partial charge < -0.3 is 19.9 Å². The zero-order chi connectivity index (χ0) is 17.8. The molecule has 132 valence electrons. The number of urea groups is 1. The normalized spacial score (nSPS) is 14.4. The number of carbonyl (C=O) groups is 1. The van der Waals surface area contributed by atoms with Crippen molar-refractivity contribution in [1.82, 2.24) is 4.90 Å². The number of methoxy groups -OCH3 is 1. The molecule has 1 heterocycles. The van der Waals surface area contributed by atoms with Crippen LogP contribution < -0.4 is 15.0 Å². The number of hydrogen-bond acceptors (Lipinski definition) is 3. The smallest absolute Gasteiger partial charge is 0.321 e. The van der Waals surface area contributed by atoms with Gasteiger partial charge in [-0.15, -0.1) is 0 Å². The Bertz CT molecular complexity index is 758. The van der Waals surface area contributed by atoms with Crippen molar-refractivity contribution < 1.29 is 9.53 Å². The van der Waals surface area contributed by atoms with Crippen LogP contribution in [0.2, 0.25) is 5.02 Å². The third-order valence-electron chi connectivity index (χ3n) is 4.47. The predicted molar refractivity (Wildman–Crippen MR) is 102 cm³/mol. The van der Waals surface area contributed by atoms with Gasteiger partial charge in [0, 0.05) is 48.6 Å². The number of ether oxygens (including phenoxy) is 1. The average Bonchev–Trinajstić information content (AvgIpc) is 2.64. The van der Waals surface area contributed by atoms with Gasteiger partial charge in [-0.3, -0.25) is 0 Å². The summed E-state index contributed by atoms with van der Waals surface area (Å²) >= 11 is 6.22. The lowest BCUT2D eigenvalue weighted by molar-refractivity contribution is 0.208. The molecule has 1 saturated heterocycles. The largest absolute Gasteiger partial charge is 0.497 e. The number of anilines is 2. The number of carbonyl (C=O) groups excluding carboxylic acids is 1. The second kappa shape index (κ2) is 7.66. The van der Waals surface area contributed by atoms with Gasteiger partial charge in [-0.05, 0) is 36.8 Å². The van der Waals surface area contributed by atoms with Gasteiger partial charge in [0.2, 0.25) is 0 Å². The van der Waals surface area contributed by atoms with Crippen LogP contribution in [0.25, 0.3) is 0 Å². The van der Waals surface area contributed by atoms with E-state index in [9.17, 15) is 4.79 Å². The summed E-state index contributed by atoms with van der Waals surface area (Å²) in [5.74, 6) is 0.721. The van der Waals surface area contributed by atoms with E-state index in [0.717, 1.165) is 40.8 Å². The van der Waals surface area contributed by atoms with Crippen LogP contribution in [0.4, 0.5) is 16.2 Å². The highest BCUT2D eigenvalue weighted by molar-refractivity contribution is 6.31. The van der Waals surface area contributed by atoms with Crippen molar-refractivity contribution in [3.8, 4) is 5.75 Å². The van der Waals surface area contributed by atoms with E-state index in [2.05, 4.69) is 16.3 Å². The standard InChI is InChI=1S/C19H22ClN3O2/c1-14-17(20)7-4-8-18(14)22-9-11-23(12-10-22)19(24)21-15-5-3-6-16(13-15)25-2/h3-8,13H,9-12H2,1-2H3,(H,21,24). The minimum absolute atomic E-state index is 0.0873. The second-order valence-electron chi connectivity index (χ2n) is 6.02. The van der Waals surface area contributed by atoms with Crippen LogP contribution in [0.3, 0.4) is 0 Å². The molecular formula is C19H22ClN3O2. The van der Waals surface area contributed by atoms with E-state index >= 15 is 0 Å². The fraction of sp³-hybridized carbons (Fsp3) is 0.316. The molecule has 0 spiro atoms. The predicted octanol–water partition coefficient (Wildman–Crippen LogP) is 4.01. The van der Waals surface area contributed by atoms with Gasteiger partial charge in [0.15, 0.2) is 0 Å². The monoisotopic (exact) mass is 359 g/mol. The third kappa shape index (κ3) is 3.99. The number of benzene rings is 2. The van der Waals surface area contributed by atoms with Gasteiger partial charge in [0.05, 0.1) is 7.11 Å². The molecule has 0 radical (unpaired) electrons. The van der Waals surface area contributed by atoms with Crippen LogP contribution in [0.1, 0.15) is 5.56 Å². The van der Waals surface area contributed by atoms with Gasteiger partial charge in [0.1, 0.15) is 5.75 Å². The molecular weight excluding hydrogens is 338 g/mol. The molecule has 0 unspecified atom stereocenters. The number of nitrogens with one attached hydrogen (secondary N) is 1. The van der Waals surface area contributed by atoms with Crippen molar-refractivity contribution in [2.75, 3.05) is 43.5 Å². The highest BCUT2D eigenvalue weighted by Crippen LogP contribution is 2.27. The Morgan fingerprint density at radius 1 is 1.12 bits per heavy atom. The van der Waals surface area contributed by atoms with E-state index in [0.29, 0.717) is 13.1 Å². The first-order valence-corrected chi connectivity index (χ1v) is 8.66. The van der Waals surface area contributed by atoms with Crippen LogP contribution in [-0.4, -0.2) is 44.2 Å². The van der Waals surface area contributed by atoms with Crippen molar-refractivity contribution in [2.45, 2.75) is 6.92 Å². The number of halogens is 1. The minimum Gasteiger partial charge on any atom is -0.497 e. The molecule has 2 amide bonds. The molecule has 0 aromatic heterocycles. The van der Waals surface area contributed by atoms with Gasteiger partial charge in [-0.25, -0.2) is 4.79 Å². The summed E-state index contributed by atoms with van der Waals surface area (Å²) in [5, 5.41) is 3.70. The number of piperazine rings is 1. The molecule has 2 aromatic carbocycles. The Morgan fingerprint density at radius 2 is 1.84 bits per heavy atom. The summed E-state index contributed by atoms with van der Waals surface area (Å²) in [6.07, 6.45) is 0. The first-order valence-electron chi connectivity index (χ1n) is 8.28. The number of nitrogens with zero attached hydrogens (tertiary/aromatic N) is 2. The molecule has 0 saturated carbocycles. The fourth-order valence-electron chi connectivity index (χ4n) is 2.99. The molecule has 5 nitrogen and oxygen atoms in total. The van der Waals surface area contributed by atoms with Crippen molar-refractivity contribution in [3.63, 3.8) is 0 Å². The van der Waals surface area contributed by atoms with Crippen molar-refractivity contribution in [2.24, 2.45) is 0 Å². The number of amides is 2. The zero-order valence-corrected chi connectivity index (χ0v) is 15.2. The quantitative estimate of drug-likeness (QED) is 0.900. The fourth-order valence-corrected chi connectivity index (χ4v) is 3.16. The van der Waals surface area contributed by atoms with E-state index in [4.69, 9.17) is 16.3 Å². The van der Waals surface area contributed by atoms with Crippen LogP contribution in [0.15, 0.2) is 42.5 Å². The summed E-state index contributed by atoms with van der Waals surface area (Å²) in [7, 11) is 1.61. The molecule has 1 fully saturated rings. The average molecular weight is 360 g/mol. The van der Waals surface area contributed by atoms with Gasteiger partial charge in [-0.1, -0.05) is 23.7 Å². The van der Waals surface area contributed by atoms with Crippen LogP contribution >= 0.6 is 11.6 Å². The molecule has 2 aromatic rings. The number of hydrogen-bond donors (Lipinski definition) is 1. The first kappa shape index (κ1) is 17.4. The van der Waals surface area contributed by atoms with Crippen LogP contribution in [0.5, 0.6) is 5.75 Å². The zero-order valence-electron chi connectivity index (χ0n) is 14.5. The van der Waals surface area contributed by atoms with E-state index < -0.39 is 0 Å². The lowest BCUT2D eigenvalue weighted by Gasteiger charge is -2.36. The summed E-state index contributed by atoms with van der Waals surface area (Å²) in [6, 6.07) is 13.2. The van der Waals surface area contributed by atoms with Crippen molar-refractivity contribution >= 4 is 29.0 Å². The third-order valence-corrected chi connectivity index (χ3v) is 4.88. The van der Waals surface area contributed by atoms with Crippen molar-refractivity contribution in [3.05, 3.63) is 53.1 Å². The molecule has 0 aliphatic carbocycles. The Morgan fingerprint density at radius 3 is 2.56 bits per heavy atom. The molecule has 3 rings (SSSR count). The molecule has 0 bridgehead atoms. The maximum atomic E-state index is 12.5. The van der Waals surface area contributed by atoms with Gasteiger partial charge >= 0.3 is 6.03 Å². The van der Waals surface area contributed by atoms with Crippen LogP contribution in [-0.2, 0) is 0 Å². The molecule has 25 heavy (non-hydrogen) atoms. The molecule has 6 heteroatoms. The Kier molecular flexibility index (Phi) is 5.34. The molecule has 1 aliphatic rings. The van der Waals surface area contributed by atoms with E-state index in [1.807, 2.05) is 48.2 Å².